The maximum atomic E-state index is 4.23. The van der Waals surface area contributed by atoms with Crippen molar-refractivity contribution in [2.45, 2.75) is 39.5 Å². The molecule has 0 aromatic rings. The molecular formula is C9H17N. The third-order valence-electron chi connectivity index (χ3n) is 2.50. The van der Waals surface area contributed by atoms with Crippen LogP contribution in [0.2, 0.25) is 0 Å². The standard InChI is InChI=1S/C9H17N/c1-9(2)6-4-8(10-3)5-7-9/h4-7H2,1-3H3. The lowest BCUT2D eigenvalue weighted by Crippen LogP contribution is -2.20. The predicted molar refractivity (Wildman–Crippen MR) is 45.6 cm³/mol. The summed E-state index contributed by atoms with van der Waals surface area (Å²) in [6, 6.07) is 0. The molecule has 1 fully saturated rings. The molecule has 0 aliphatic heterocycles. The van der Waals surface area contributed by atoms with E-state index in [0.29, 0.717) is 5.41 Å². The van der Waals surface area contributed by atoms with E-state index in [1.54, 1.807) is 0 Å². The van der Waals surface area contributed by atoms with Gasteiger partial charge in [-0.2, -0.15) is 0 Å². The second-order valence-corrected chi connectivity index (χ2v) is 3.95. The van der Waals surface area contributed by atoms with Crippen LogP contribution in [0.25, 0.3) is 0 Å². The molecular weight excluding hydrogens is 122 g/mol. The van der Waals surface area contributed by atoms with Gasteiger partial charge >= 0.3 is 0 Å². The van der Waals surface area contributed by atoms with E-state index < -0.39 is 0 Å². The highest BCUT2D eigenvalue weighted by Gasteiger charge is 2.23. The van der Waals surface area contributed by atoms with Crippen molar-refractivity contribution in [3.63, 3.8) is 0 Å². The van der Waals surface area contributed by atoms with Crippen molar-refractivity contribution >= 4 is 5.71 Å². The number of hydrogen-bond acceptors (Lipinski definition) is 1. The van der Waals surface area contributed by atoms with Crippen LogP contribution in [-0.2, 0) is 0 Å². The molecule has 1 aliphatic carbocycles. The summed E-state index contributed by atoms with van der Waals surface area (Å²) in [5.41, 5.74) is 1.99. The third kappa shape index (κ3) is 1.83. The fraction of sp³-hybridized carbons (Fsp3) is 0.889. The van der Waals surface area contributed by atoms with Crippen molar-refractivity contribution in [3.8, 4) is 0 Å². The van der Waals surface area contributed by atoms with Crippen LogP contribution in [0.1, 0.15) is 39.5 Å². The van der Waals surface area contributed by atoms with Crippen LogP contribution < -0.4 is 0 Å². The lowest BCUT2D eigenvalue weighted by molar-refractivity contribution is 0.301. The van der Waals surface area contributed by atoms with Gasteiger partial charge in [0.05, 0.1) is 0 Å². The minimum atomic E-state index is 0.578. The first kappa shape index (κ1) is 7.77. The third-order valence-corrected chi connectivity index (χ3v) is 2.50. The van der Waals surface area contributed by atoms with E-state index in [-0.39, 0.29) is 0 Å². The quantitative estimate of drug-likeness (QED) is 0.489. The lowest BCUT2D eigenvalue weighted by Gasteiger charge is -2.29. The minimum Gasteiger partial charge on any atom is -0.297 e. The normalized spacial score (nSPS) is 24.5. The Morgan fingerprint density at radius 2 is 1.70 bits per heavy atom. The summed E-state index contributed by atoms with van der Waals surface area (Å²) < 4.78 is 0. The molecule has 0 amide bonds. The van der Waals surface area contributed by atoms with Gasteiger partial charge in [-0.15, -0.1) is 0 Å². The molecule has 10 heavy (non-hydrogen) atoms. The van der Waals surface area contributed by atoms with Crippen molar-refractivity contribution in [3.05, 3.63) is 0 Å². The lowest BCUT2D eigenvalue weighted by atomic mass is 9.77. The molecule has 0 bridgehead atoms. The Bertz CT molecular complexity index is 133. The number of rotatable bonds is 0. The monoisotopic (exact) mass is 139 g/mol. The molecule has 1 nitrogen and oxygen atoms in total. The molecule has 0 aromatic heterocycles. The first-order chi connectivity index (χ1) is 4.64. The second-order valence-electron chi connectivity index (χ2n) is 3.95. The summed E-state index contributed by atoms with van der Waals surface area (Å²) in [6.45, 7) is 4.69. The van der Waals surface area contributed by atoms with E-state index in [9.17, 15) is 0 Å². The van der Waals surface area contributed by atoms with Crippen LogP contribution in [-0.4, -0.2) is 12.8 Å². The largest absolute Gasteiger partial charge is 0.297 e. The van der Waals surface area contributed by atoms with Crippen LogP contribution in [0, 0.1) is 5.41 Å². The maximum Gasteiger partial charge on any atom is 0.0276 e. The zero-order valence-electron chi connectivity index (χ0n) is 7.28. The number of aliphatic imine (C=N–C) groups is 1. The van der Waals surface area contributed by atoms with Crippen molar-refractivity contribution in [1.82, 2.24) is 0 Å². The summed E-state index contributed by atoms with van der Waals surface area (Å²) in [5.74, 6) is 0. The highest BCUT2D eigenvalue weighted by atomic mass is 14.7. The van der Waals surface area contributed by atoms with Crippen LogP contribution in [0.5, 0.6) is 0 Å². The van der Waals surface area contributed by atoms with E-state index in [1.165, 1.54) is 31.4 Å². The Morgan fingerprint density at radius 3 is 2.10 bits per heavy atom. The fourth-order valence-corrected chi connectivity index (χ4v) is 1.44. The van der Waals surface area contributed by atoms with Crippen LogP contribution in [0.4, 0.5) is 0 Å². The zero-order chi connectivity index (χ0) is 7.61. The van der Waals surface area contributed by atoms with Gasteiger partial charge in [-0.05, 0) is 31.1 Å². The Morgan fingerprint density at radius 1 is 1.20 bits per heavy atom. The molecule has 0 spiro atoms. The highest BCUT2D eigenvalue weighted by molar-refractivity contribution is 5.85. The summed E-state index contributed by atoms with van der Waals surface area (Å²) in [4.78, 5) is 4.23. The average molecular weight is 139 g/mol. The molecule has 0 aromatic carbocycles. The Labute approximate surface area is 63.5 Å². The van der Waals surface area contributed by atoms with Crippen molar-refractivity contribution in [2.75, 3.05) is 7.05 Å². The predicted octanol–water partition coefficient (Wildman–Crippen LogP) is 2.66. The topological polar surface area (TPSA) is 12.4 Å². The summed E-state index contributed by atoms with van der Waals surface area (Å²) in [6.07, 6.45) is 5.09. The molecule has 0 heterocycles. The van der Waals surface area contributed by atoms with Gasteiger partial charge in [0.15, 0.2) is 0 Å². The Kier molecular flexibility index (Phi) is 2.12. The average Bonchev–Trinajstić information content (AvgIpc) is 1.88. The molecule has 0 unspecified atom stereocenters. The van der Waals surface area contributed by atoms with Gasteiger partial charge in [0.25, 0.3) is 0 Å². The summed E-state index contributed by atoms with van der Waals surface area (Å²) in [7, 11) is 1.91. The molecule has 1 heteroatoms. The van der Waals surface area contributed by atoms with Gasteiger partial charge in [0.2, 0.25) is 0 Å². The molecule has 0 radical (unpaired) electrons. The van der Waals surface area contributed by atoms with Crippen molar-refractivity contribution in [1.29, 1.82) is 0 Å². The van der Waals surface area contributed by atoms with E-state index in [0.717, 1.165) is 0 Å². The van der Waals surface area contributed by atoms with Crippen LogP contribution in [0.15, 0.2) is 4.99 Å². The second kappa shape index (κ2) is 2.73. The molecule has 0 atom stereocenters. The highest BCUT2D eigenvalue weighted by Crippen LogP contribution is 2.33. The Balaban J connectivity index is 2.46. The van der Waals surface area contributed by atoms with E-state index in [1.807, 2.05) is 7.05 Å². The minimum absolute atomic E-state index is 0.578. The zero-order valence-corrected chi connectivity index (χ0v) is 7.28. The molecule has 0 N–H and O–H groups in total. The number of hydrogen-bond donors (Lipinski definition) is 0. The molecule has 1 rings (SSSR count). The first-order valence-corrected chi connectivity index (χ1v) is 4.09. The van der Waals surface area contributed by atoms with Crippen molar-refractivity contribution < 1.29 is 0 Å². The van der Waals surface area contributed by atoms with E-state index in [2.05, 4.69) is 18.8 Å². The van der Waals surface area contributed by atoms with Crippen molar-refractivity contribution in [2.24, 2.45) is 10.4 Å². The summed E-state index contributed by atoms with van der Waals surface area (Å²) in [5, 5.41) is 0. The molecule has 1 saturated carbocycles. The summed E-state index contributed by atoms with van der Waals surface area (Å²) >= 11 is 0. The molecule has 58 valence electrons. The van der Waals surface area contributed by atoms with E-state index in [4.69, 9.17) is 0 Å². The van der Waals surface area contributed by atoms with Gasteiger partial charge in [-0.1, -0.05) is 13.8 Å². The first-order valence-electron chi connectivity index (χ1n) is 4.09. The SMILES string of the molecule is CN=C1CCC(C)(C)CC1. The van der Waals surface area contributed by atoms with Gasteiger partial charge in [0.1, 0.15) is 0 Å². The van der Waals surface area contributed by atoms with Gasteiger partial charge in [-0.25, -0.2) is 0 Å². The Hall–Kier alpha value is -0.330. The van der Waals surface area contributed by atoms with Gasteiger partial charge in [-0.3, -0.25) is 4.99 Å². The number of nitrogens with zero attached hydrogens (tertiary/aromatic N) is 1. The van der Waals surface area contributed by atoms with Gasteiger partial charge < -0.3 is 0 Å². The smallest absolute Gasteiger partial charge is 0.0276 e. The molecule has 0 saturated heterocycles. The molecule has 1 aliphatic rings. The van der Waals surface area contributed by atoms with Crippen LogP contribution in [0.3, 0.4) is 0 Å². The van der Waals surface area contributed by atoms with Crippen LogP contribution >= 0.6 is 0 Å². The van der Waals surface area contributed by atoms with E-state index >= 15 is 0 Å². The fourth-order valence-electron chi connectivity index (χ4n) is 1.44. The maximum absolute atomic E-state index is 4.23. The van der Waals surface area contributed by atoms with Gasteiger partial charge in [0, 0.05) is 12.8 Å².